The fourth-order valence-corrected chi connectivity index (χ4v) is 9.49. The summed E-state index contributed by atoms with van der Waals surface area (Å²) in [6.07, 6.45) is 1.48. The van der Waals surface area contributed by atoms with Crippen molar-refractivity contribution >= 4 is 11.9 Å². The number of hydrogen-bond acceptors (Lipinski definition) is 6. The van der Waals surface area contributed by atoms with Crippen LogP contribution in [0.5, 0.6) is 0 Å². The molecule has 10 atom stereocenters. The summed E-state index contributed by atoms with van der Waals surface area (Å²) in [5.74, 6) is -0.274. The number of ether oxygens (including phenoxy) is 2. The zero-order valence-corrected chi connectivity index (χ0v) is 23.1. The van der Waals surface area contributed by atoms with E-state index < -0.39 is 40.6 Å². The van der Waals surface area contributed by atoms with Crippen molar-refractivity contribution in [1.29, 1.82) is 0 Å². The van der Waals surface area contributed by atoms with Crippen LogP contribution >= 0.6 is 0 Å². The molecule has 0 radical (unpaired) electrons. The fourth-order valence-electron chi connectivity index (χ4n) is 9.49. The normalized spacial score (nSPS) is 44.1. The van der Waals surface area contributed by atoms with Gasteiger partial charge in [-0.2, -0.15) is 0 Å². The number of esters is 2. The lowest BCUT2D eigenvalue weighted by atomic mass is 9.33. The van der Waals surface area contributed by atoms with Crippen molar-refractivity contribution in [2.45, 2.75) is 85.0 Å². The summed E-state index contributed by atoms with van der Waals surface area (Å²) in [5, 5.41) is 25.1. The molecule has 0 saturated heterocycles. The van der Waals surface area contributed by atoms with E-state index >= 15 is 0 Å². The second kappa shape index (κ2) is 9.08. The smallest absolute Gasteiger partial charge is 0.338 e. The summed E-state index contributed by atoms with van der Waals surface area (Å²) >= 11 is 0. The first-order valence-electron chi connectivity index (χ1n) is 14.2. The van der Waals surface area contributed by atoms with Crippen LogP contribution in [0.1, 0.15) is 77.6 Å². The van der Waals surface area contributed by atoms with Crippen molar-refractivity contribution in [3.8, 4) is 0 Å². The van der Waals surface area contributed by atoms with Gasteiger partial charge in [-0.3, -0.25) is 4.79 Å². The van der Waals surface area contributed by atoms with Crippen molar-refractivity contribution in [2.24, 2.45) is 52.3 Å². The first-order chi connectivity index (χ1) is 17.4. The lowest BCUT2D eigenvalue weighted by Crippen LogP contribution is -2.81. The van der Waals surface area contributed by atoms with Crippen LogP contribution in [0, 0.1) is 52.3 Å². The SMILES string of the molecule is CC(C)C(=O)O[C@@H]1[C@@H](O)[C@@]2(C)[C@@H]3CC[C@H](C)[C@@H]3[C@H]2[C@]2(O)CC[C@@H](C(C)C)[C@]12COC(=O)c1ccccc1. The van der Waals surface area contributed by atoms with Crippen LogP contribution in [0.25, 0.3) is 0 Å². The molecule has 0 aliphatic heterocycles. The molecule has 4 saturated carbocycles. The molecule has 1 aromatic carbocycles. The molecule has 204 valence electrons. The molecule has 37 heavy (non-hydrogen) atoms. The molecule has 4 aliphatic rings. The van der Waals surface area contributed by atoms with Crippen LogP contribution in [0.4, 0.5) is 0 Å². The largest absolute Gasteiger partial charge is 0.461 e. The van der Waals surface area contributed by atoms with Crippen molar-refractivity contribution in [3.05, 3.63) is 35.9 Å². The molecular weight excluding hydrogens is 468 g/mol. The van der Waals surface area contributed by atoms with Gasteiger partial charge in [-0.15, -0.1) is 0 Å². The number of rotatable bonds is 6. The second-order valence-corrected chi connectivity index (χ2v) is 13.3. The molecule has 0 amide bonds. The maximum Gasteiger partial charge on any atom is 0.338 e. The van der Waals surface area contributed by atoms with Gasteiger partial charge in [0.15, 0.2) is 0 Å². The van der Waals surface area contributed by atoms with Crippen LogP contribution in [-0.2, 0) is 14.3 Å². The summed E-state index contributed by atoms with van der Waals surface area (Å²) in [7, 11) is 0. The molecule has 2 N–H and O–H groups in total. The van der Waals surface area contributed by atoms with E-state index in [1.807, 2.05) is 6.07 Å². The Morgan fingerprint density at radius 2 is 1.76 bits per heavy atom. The van der Waals surface area contributed by atoms with Gasteiger partial charge in [0.2, 0.25) is 0 Å². The number of aliphatic hydroxyl groups excluding tert-OH is 1. The highest BCUT2D eigenvalue weighted by molar-refractivity contribution is 5.89. The first-order valence-corrected chi connectivity index (χ1v) is 14.2. The molecule has 5 rings (SSSR count). The molecule has 4 fully saturated rings. The number of carbonyl (C=O) groups excluding carboxylic acids is 2. The lowest BCUT2D eigenvalue weighted by Gasteiger charge is -2.73. The highest BCUT2D eigenvalue weighted by Gasteiger charge is 2.83. The minimum Gasteiger partial charge on any atom is -0.461 e. The van der Waals surface area contributed by atoms with Crippen molar-refractivity contribution < 1.29 is 29.3 Å². The van der Waals surface area contributed by atoms with Crippen molar-refractivity contribution in [1.82, 2.24) is 0 Å². The van der Waals surface area contributed by atoms with Crippen molar-refractivity contribution in [2.75, 3.05) is 6.61 Å². The van der Waals surface area contributed by atoms with Gasteiger partial charge in [0.1, 0.15) is 12.7 Å². The number of fused-ring (bicyclic) bond motifs is 6. The molecule has 6 nitrogen and oxygen atoms in total. The van der Waals surface area contributed by atoms with Gasteiger partial charge in [-0.1, -0.05) is 66.2 Å². The second-order valence-electron chi connectivity index (χ2n) is 13.3. The molecular formula is C31H44O6. The Hall–Kier alpha value is -1.92. The summed E-state index contributed by atoms with van der Waals surface area (Å²) < 4.78 is 12.2. The Bertz CT molecular complexity index is 1040. The maximum atomic E-state index is 13.2. The van der Waals surface area contributed by atoms with Gasteiger partial charge in [-0.05, 0) is 61.0 Å². The minimum absolute atomic E-state index is 0.0824. The number of aliphatic hydroxyl groups is 2. The highest BCUT2D eigenvalue weighted by Crippen LogP contribution is 2.78. The Balaban J connectivity index is 1.63. The van der Waals surface area contributed by atoms with E-state index in [1.54, 1.807) is 38.1 Å². The van der Waals surface area contributed by atoms with Gasteiger partial charge in [0.05, 0.1) is 28.6 Å². The standard InChI is InChI=1S/C31H44O6/c1-17(2)21-14-15-31(35)24-23-19(5)12-13-22(23)29(24,6)25(32)26(37-27(33)18(3)4)30(21,31)16-36-28(34)20-10-8-7-9-11-20/h7-11,17-19,21-26,32,35H,12-16H2,1-6H3/t19-,21-,22+,23-,24+,25+,26+,29-,30+,31+/m0/s1. The topological polar surface area (TPSA) is 93.1 Å². The molecule has 0 heterocycles. The maximum absolute atomic E-state index is 13.2. The molecule has 0 spiro atoms. The lowest BCUT2D eigenvalue weighted by molar-refractivity contribution is -0.357. The molecule has 0 unspecified atom stereocenters. The fraction of sp³-hybridized carbons (Fsp3) is 0.742. The van der Waals surface area contributed by atoms with E-state index in [9.17, 15) is 19.8 Å². The van der Waals surface area contributed by atoms with Crippen LogP contribution in [0.2, 0.25) is 0 Å². The summed E-state index contributed by atoms with van der Waals surface area (Å²) in [6, 6.07) is 8.84. The number of benzene rings is 1. The van der Waals surface area contributed by atoms with E-state index in [1.165, 1.54) is 0 Å². The van der Waals surface area contributed by atoms with E-state index in [0.717, 1.165) is 19.3 Å². The summed E-state index contributed by atoms with van der Waals surface area (Å²) in [5.41, 5.74) is -2.42. The van der Waals surface area contributed by atoms with Crippen LogP contribution < -0.4 is 0 Å². The summed E-state index contributed by atoms with van der Waals surface area (Å²) in [4.78, 5) is 26.3. The monoisotopic (exact) mass is 512 g/mol. The Kier molecular flexibility index (Phi) is 6.55. The Labute approximate surface area is 221 Å². The molecule has 6 heteroatoms. The molecule has 0 bridgehead atoms. The first kappa shape index (κ1) is 26.7. The van der Waals surface area contributed by atoms with Crippen LogP contribution in [-0.4, -0.2) is 46.6 Å². The van der Waals surface area contributed by atoms with Gasteiger partial charge < -0.3 is 19.7 Å². The zero-order chi connectivity index (χ0) is 26.9. The highest BCUT2D eigenvalue weighted by atomic mass is 16.6. The van der Waals surface area contributed by atoms with Crippen molar-refractivity contribution in [3.63, 3.8) is 0 Å². The minimum atomic E-state index is -1.21. The average Bonchev–Trinajstić information content (AvgIpc) is 3.35. The van der Waals surface area contributed by atoms with E-state index in [2.05, 4.69) is 27.7 Å². The van der Waals surface area contributed by atoms with Gasteiger partial charge in [-0.25, -0.2) is 4.79 Å². The number of hydrogen-bond donors (Lipinski definition) is 2. The zero-order valence-electron chi connectivity index (χ0n) is 23.1. The van der Waals surface area contributed by atoms with Crippen LogP contribution in [0.3, 0.4) is 0 Å². The number of carbonyl (C=O) groups is 2. The molecule has 1 aromatic rings. The van der Waals surface area contributed by atoms with E-state index in [0.29, 0.717) is 23.8 Å². The van der Waals surface area contributed by atoms with E-state index in [4.69, 9.17) is 9.47 Å². The quantitative estimate of drug-likeness (QED) is 0.529. The third-order valence-corrected chi connectivity index (χ3v) is 11.1. The molecule has 4 aliphatic carbocycles. The summed E-state index contributed by atoms with van der Waals surface area (Å²) in [6.45, 7) is 12.0. The van der Waals surface area contributed by atoms with Gasteiger partial charge >= 0.3 is 11.9 Å². The Morgan fingerprint density at radius 3 is 2.38 bits per heavy atom. The predicted molar refractivity (Wildman–Crippen MR) is 139 cm³/mol. The van der Waals surface area contributed by atoms with Gasteiger partial charge in [0.25, 0.3) is 0 Å². The predicted octanol–water partition coefficient (Wildman–Crippen LogP) is 4.87. The van der Waals surface area contributed by atoms with Crippen LogP contribution in [0.15, 0.2) is 30.3 Å². The van der Waals surface area contributed by atoms with Gasteiger partial charge in [0, 0.05) is 11.3 Å². The third-order valence-electron chi connectivity index (χ3n) is 11.1. The molecule has 0 aromatic heterocycles. The average molecular weight is 513 g/mol. The third kappa shape index (κ3) is 3.50. The Morgan fingerprint density at radius 1 is 1.08 bits per heavy atom. The van der Waals surface area contributed by atoms with E-state index in [-0.39, 0.29) is 36.2 Å².